The Morgan fingerprint density at radius 2 is 2.19 bits per heavy atom. The Balaban J connectivity index is 0.00000131. The van der Waals surface area contributed by atoms with Crippen LogP contribution in [-0.4, -0.2) is 50.1 Å². The molecule has 1 saturated heterocycles. The molecule has 1 atom stereocenters. The highest BCUT2D eigenvalue weighted by Crippen LogP contribution is 2.24. The number of nitrogens with one attached hydrogen (secondary N) is 1. The summed E-state index contributed by atoms with van der Waals surface area (Å²) >= 11 is 0. The molecule has 3 aromatic rings. The van der Waals surface area contributed by atoms with Crippen molar-refractivity contribution in [3.63, 3.8) is 0 Å². The van der Waals surface area contributed by atoms with Gasteiger partial charge < -0.3 is 19.3 Å². The minimum atomic E-state index is -0.159. The number of carbonyl (C=O) groups is 1. The van der Waals surface area contributed by atoms with Gasteiger partial charge in [0.05, 0.1) is 0 Å². The van der Waals surface area contributed by atoms with E-state index in [9.17, 15) is 4.79 Å². The molecule has 0 saturated carbocycles. The predicted octanol–water partition coefficient (Wildman–Crippen LogP) is 2.10. The summed E-state index contributed by atoms with van der Waals surface area (Å²) in [6, 6.07) is 5.20. The zero-order valence-corrected chi connectivity index (χ0v) is 16.2. The number of imidazole rings is 1. The lowest BCUT2D eigenvalue weighted by atomic mass is 10.1. The molecule has 1 unspecified atom stereocenters. The smallest absolute Gasteiger partial charge is 0.276 e. The number of pyridine rings is 1. The number of nitrogens with zero attached hydrogens (tertiary/aromatic N) is 5. The minimum Gasteiger partial charge on any atom is -0.355 e. The van der Waals surface area contributed by atoms with E-state index in [1.165, 1.54) is 0 Å². The highest BCUT2D eigenvalue weighted by Gasteiger charge is 2.32. The monoisotopic (exact) mass is 410 g/mol. The molecule has 27 heavy (non-hydrogen) atoms. The molecule has 1 aliphatic rings. The number of amides is 1. The maximum absolute atomic E-state index is 13.0. The first kappa shape index (κ1) is 20.9. The van der Waals surface area contributed by atoms with Crippen LogP contribution in [0, 0.1) is 0 Å². The molecule has 0 spiro atoms. The van der Waals surface area contributed by atoms with Gasteiger partial charge in [0.15, 0.2) is 11.5 Å². The van der Waals surface area contributed by atoms with E-state index in [0.717, 1.165) is 17.9 Å². The summed E-state index contributed by atoms with van der Waals surface area (Å²) in [7, 11) is 1.93. The molecule has 1 amide bonds. The molecule has 8 nitrogen and oxygen atoms in total. The second kappa shape index (κ2) is 8.98. The molecule has 1 N–H and O–H groups in total. The third-order valence-corrected chi connectivity index (χ3v) is 4.34. The van der Waals surface area contributed by atoms with Crippen LogP contribution in [0.25, 0.3) is 11.3 Å². The first-order valence-corrected chi connectivity index (χ1v) is 8.10. The van der Waals surface area contributed by atoms with Gasteiger partial charge in [0.25, 0.3) is 5.91 Å². The molecule has 1 aliphatic heterocycles. The van der Waals surface area contributed by atoms with E-state index in [1.807, 2.05) is 29.9 Å². The van der Waals surface area contributed by atoms with Gasteiger partial charge >= 0.3 is 0 Å². The maximum atomic E-state index is 13.0. The Hall–Kier alpha value is -2.42. The number of aryl methyl sites for hydroxylation is 1. The van der Waals surface area contributed by atoms with Crippen LogP contribution in [0.4, 0.5) is 0 Å². The van der Waals surface area contributed by atoms with Crippen molar-refractivity contribution in [3.8, 4) is 11.3 Å². The number of carbonyl (C=O) groups excluding carboxylic acids is 1. The van der Waals surface area contributed by atoms with Crippen molar-refractivity contribution in [2.24, 2.45) is 7.05 Å². The number of hydrogen-bond donors (Lipinski definition) is 1. The zero-order chi connectivity index (χ0) is 17.2. The van der Waals surface area contributed by atoms with E-state index in [2.05, 4.69) is 20.4 Å². The number of piperazine rings is 1. The van der Waals surface area contributed by atoms with Crippen LogP contribution in [0.1, 0.15) is 22.4 Å². The lowest BCUT2D eigenvalue weighted by Gasteiger charge is -2.35. The topological polar surface area (TPSA) is 89.1 Å². The summed E-state index contributed by atoms with van der Waals surface area (Å²) in [6.45, 7) is 1.98. The third kappa shape index (κ3) is 4.13. The molecule has 0 aliphatic carbocycles. The number of hydrogen-bond acceptors (Lipinski definition) is 6. The Labute approximate surface area is 168 Å². The fourth-order valence-electron chi connectivity index (χ4n) is 3.04. The van der Waals surface area contributed by atoms with Crippen molar-refractivity contribution in [1.82, 2.24) is 29.9 Å². The fourth-order valence-corrected chi connectivity index (χ4v) is 3.04. The molecule has 144 valence electrons. The molecular weight excluding hydrogens is 391 g/mol. The van der Waals surface area contributed by atoms with Gasteiger partial charge in [-0.2, -0.15) is 0 Å². The summed E-state index contributed by atoms with van der Waals surface area (Å²) in [4.78, 5) is 23.2. The summed E-state index contributed by atoms with van der Waals surface area (Å²) in [5.41, 5.74) is 1.08. The molecule has 0 bridgehead atoms. The highest BCUT2D eigenvalue weighted by molar-refractivity contribution is 5.93. The first-order valence-electron chi connectivity index (χ1n) is 8.10. The lowest BCUT2D eigenvalue weighted by Crippen LogP contribution is -2.49. The number of aromatic nitrogens is 4. The molecule has 4 rings (SSSR count). The van der Waals surface area contributed by atoms with E-state index in [0.29, 0.717) is 24.5 Å². The van der Waals surface area contributed by atoms with Gasteiger partial charge in [0.1, 0.15) is 11.9 Å². The average Bonchev–Trinajstić information content (AvgIpc) is 3.31. The Kier molecular flexibility index (Phi) is 6.95. The van der Waals surface area contributed by atoms with E-state index >= 15 is 0 Å². The van der Waals surface area contributed by atoms with Crippen molar-refractivity contribution in [1.29, 1.82) is 0 Å². The predicted molar refractivity (Wildman–Crippen MR) is 104 cm³/mol. The molecule has 0 radical (unpaired) electrons. The summed E-state index contributed by atoms with van der Waals surface area (Å²) in [5, 5.41) is 7.28. The lowest BCUT2D eigenvalue weighted by molar-refractivity contribution is 0.0610. The van der Waals surface area contributed by atoms with Crippen LogP contribution in [0.3, 0.4) is 0 Å². The Morgan fingerprint density at radius 1 is 1.33 bits per heavy atom. The molecular formula is C17H20Cl2N6O2. The fraction of sp³-hybridized carbons (Fsp3) is 0.294. The Morgan fingerprint density at radius 3 is 2.89 bits per heavy atom. The maximum Gasteiger partial charge on any atom is 0.276 e. The van der Waals surface area contributed by atoms with Crippen LogP contribution in [0.5, 0.6) is 0 Å². The van der Waals surface area contributed by atoms with Gasteiger partial charge in [-0.3, -0.25) is 9.78 Å². The quantitative estimate of drug-likeness (QED) is 0.710. The molecule has 4 heterocycles. The van der Waals surface area contributed by atoms with E-state index in [1.54, 1.807) is 29.6 Å². The third-order valence-electron chi connectivity index (χ3n) is 4.34. The van der Waals surface area contributed by atoms with Crippen molar-refractivity contribution in [2.75, 3.05) is 19.6 Å². The van der Waals surface area contributed by atoms with Crippen molar-refractivity contribution in [3.05, 3.63) is 54.5 Å². The standard InChI is InChI=1S/C17H18N6O2.2ClH/c1-22-7-6-20-16(22)14-11-19-5-8-23(14)17(24)13-9-15(25-21-13)12-3-2-4-18-10-12;;/h2-4,6-7,9-10,14,19H,5,8,11H2,1H3;2*1H. The van der Waals surface area contributed by atoms with Crippen LogP contribution in [0.15, 0.2) is 47.5 Å². The van der Waals surface area contributed by atoms with E-state index in [4.69, 9.17) is 4.52 Å². The normalized spacial score (nSPS) is 16.3. The number of rotatable bonds is 3. The van der Waals surface area contributed by atoms with Gasteiger partial charge in [-0.25, -0.2) is 4.98 Å². The van der Waals surface area contributed by atoms with Crippen molar-refractivity contribution in [2.45, 2.75) is 6.04 Å². The molecule has 10 heteroatoms. The van der Waals surface area contributed by atoms with Crippen molar-refractivity contribution >= 4 is 30.7 Å². The number of halogens is 2. The van der Waals surface area contributed by atoms with Gasteiger partial charge in [-0.05, 0) is 12.1 Å². The van der Waals surface area contributed by atoms with Gasteiger partial charge in [-0.15, -0.1) is 24.8 Å². The zero-order valence-electron chi connectivity index (χ0n) is 14.6. The average molecular weight is 411 g/mol. The van der Waals surface area contributed by atoms with Crippen LogP contribution < -0.4 is 5.32 Å². The largest absolute Gasteiger partial charge is 0.355 e. The summed E-state index contributed by atoms with van der Waals surface area (Å²) < 4.78 is 7.27. The second-order valence-corrected chi connectivity index (χ2v) is 5.93. The second-order valence-electron chi connectivity index (χ2n) is 5.93. The van der Waals surface area contributed by atoms with E-state index in [-0.39, 0.29) is 36.8 Å². The van der Waals surface area contributed by atoms with Crippen LogP contribution in [0.2, 0.25) is 0 Å². The molecule has 3 aromatic heterocycles. The summed E-state index contributed by atoms with van der Waals surface area (Å²) in [6.07, 6.45) is 6.98. The minimum absolute atomic E-state index is 0. The Bertz CT molecular complexity index is 882. The SMILES string of the molecule is Cl.Cl.Cn1ccnc1C1CNCCN1C(=O)c1cc(-c2cccnc2)on1. The van der Waals surface area contributed by atoms with Crippen LogP contribution in [-0.2, 0) is 7.05 Å². The van der Waals surface area contributed by atoms with Crippen molar-refractivity contribution < 1.29 is 9.32 Å². The summed E-state index contributed by atoms with van der Waals surface area (Å²) in [5.74, 6) is 1.21. The molecule has 0 aromatic carbocycles. The van der Waals surface area contributed by atoms with Gasteiger partial charge in [0.2, 0.25) is 0 Å². The molecule has 1 fully saturated rings. The van der Waals surface area contributed by atoms with E-state index < -0.39 is 0 Å². The van der Waals surface area contributed by atoms with Gasteiger partial charge in [0, 0.05) is 63.1 Å². The first-order chi connectivity index (χ1) is 12.2. The highest BCUT2D eigenvalue weighted by atomic mass is 35.5. The van der Waals surface area contributed by atoms with Gasteiger partial charge in [-0.1, -0.05) is 5.16 Å². The van der Waals surface area contributed by atoms with Crippen LogP contribution >= 0.6 is 24.8 Å².